The van der Waals surface area contributed by atoms with Crippen molar-refractivity contribution in [2.45, 2.75) is 6.92 Å². The zero-order chi connectivity index (χ0) is 16.8. The highest BCUT2D eigenvalue weighted by atomic mass is 35.5. The fourth-order valence-electron chi connectivity index (χ4n) is 1.92. The highest BCUT2D eigenvalue weighted by molar-refractivity contribution is 7.80. The number of thiocarbonyl (C=S) groups is 1. The number of hydrogen-bond donors (Lipinski definition) is 2. The van der Waals surface area contributed by atoms with E-state index in [-0.39, 0.29) is 4.99 Å². The predicted molar refractivity (Wildman–Crippen MR) is 96.6 cm³/mol. The molecule has 0 radical (unpaired) electrons. The lowest BCUT2D eigenvalue weighted by Gasteiger charge is -2.15. The third-order valence-corrected chi connectivity index (χ3v) is 3.86. The second kappa shape index (κ2) is 7.73. The Morgan fingerprint density at radius 3 is 2.35 bits per heavy atom. The summed E-state index contributed by atoms with van der Waals surface area (Å²) in [6.45, 7) is 1.87. The fourth-order valence-corrected chi connectivity index (χ4v) is 2.37. The Labute approximate surface area is 145 Å². The zero-order valence-corrected chi connectivity index (χ0v) is 13.9. The number of hydrogen-bond acceptors (Lipinski definition) is 3. The van der Waals surface area contributed by atoms with Crippen LogP contribution in [0.3, 0.4) is 0 Å². The number of benzene rings is 2. The summed E-state index contributed by atoms with van der Waals surface area (Å²) in [6, 6.07) is 16.2. The van der Waals surface area contributed by atoms with Crippen LogP contribution in [0.4, 0.5) is 11.4 Å². The van der Waals surface area contributed by atoms with Gasteiger partial charge in [-0.2, -0.15) is 5.26 Å². The largest absolute Gasteiger partial charge is 0.347 e. The summed E-state index contributed by atoms with van der Waals surface area (Å²) in [4.78, 5) is 12.4. The third-order valence-electron chi connectivity index (χ3n) is 3.19. The fraction of sp³-hybridized carbons (Fsp3) is 0.118. The molecule has 116 valence electrons. The number of para-hydroxylation sites is 2. The number of anilines is 2. The molecule has 1 amide bonds. The van der Waals surface area contributed by atoms with Gasteiger partial charge in [-0.05, 0) is 30.7 Å². The third kappa shape index (κ3) is 4.28. The first-order valence-electron chi connectivity index (χ1n) is 6.84. The van der Waals surface area contributed by atoms with Crippen LogP contribution < -0.4 is 10.6 Å². The molecule has 4 nitrogen and oxygen atoms in total. The summed E-state index contributed by atoms with van der Waals surface area (Å²) in [6.07, 6.45) is 0. The van der Waals surface area contributed by atoms with Crippen LogP contribution in [0.5, 0.6) is 0 Å². The number of carbonyl (C=O) groups excluding carboxylic acids is 1. The van der Waals surface area contributed by atoms with Crippen molar-refractivity contribution in [3.8, 4) is 6.07 Å². The zero-order valence-electron chi connectivity index (χ0n) is 12.3. The van der Waals surface area contributed by atoms with E-state index in [2.05, 4.69) is 10.6 Å². The second-order valence-corrected chi connectivity index (χ2v) is 5.68. The van der Waals surface area contributed by atoms with Crippen LogP contribution in [0.15, 0.2) is 48.5 Å². The average molecular weight is 344 g/mol. The molecule has 23 heavy (non-hydrogen) atoms. The smallest absolute Gasteiger partial charge is 0.248 e. The molecule has 0 spiro atoms. The molecule has 0 aromatic heterocycles. The highest BCUT2D eigenvalue weighted by Crippen LogP contribution is 2.22. The summed E-state index contributed by atoms with van der Waals surface area (Å²) >= 11 is 11.2. The summed E-state index contributed by atoms with van der Waals surface area (Å²) in [5, 5.41) is 15.3. The molecule has 0 fully saturated rings. The number of rotatable bonds is 4. The van der Waals surface area contributed by atoms with E-state index in [0.29, 0.717) is 16.4 Å². The van der Waals surface area contributed by atoms with Gasteiger partial charge in [0.2, 0.25) is 5.91 Å². The molecule has 2 rings (SSSR count). The maximum Gasteiger partial charge on any atom is 0.248 e. The molecule has 0 aliphatic carbocycles. The normalized spacial score (nSPS) is 11.2. The second-order valence-electron chi connectivity index (χ2n) is 4.84. The summed E-state index contributed by atoms with van der Waals surface area (Å²) in [5.74, 6) is -1.59. The average Bonchev–Trinajstić information content (AvgIpc) is 2.52. The Morgan fingerprint density at radius 1 is 1.13 bits per heavy atom. The van der Waals surface area contributed by atoms with E-state index in [1.165, 1.54) is 0 Å². The monoisotopic (exact) mass is 343 g/mol. The minimum atomic E-state index is -1.11. The molecule has 0 unspecified atom stereocenters. The molecule has 0 saturated heterocycles. The molecule has 0 bridgehead atoms. The Morgan fingerprint density at radius 2 is 1.74 bits per heavy atom. The first-order valence-corrected chi connectivity index (χ1v) is 7.63. The van der Waals surface area contributed by atoms with Gasteiger partial charge in [0.25, 0.3) is 0 Å². The Bertz CT molecular complexity index is 726. The van der Waals surface area contributed by atoms with Crippen molar-refractivity contribution in [3.63, 3.8) is 0 Å². The van der Waals surface area contributed by atoms with E-state index in [1.54, 1.807) is 30.3 Å². The number of nitrogens with one attached hydrogen (secondary N) is 2. The predicted octanol–water partition coefficient (Wildman–Crippen LogP) is 4.17. The lowest BCUT2D eigenvalue weighted by molar-refractivity contribution is -0.116. The van der Waals surface area contributed by atoms with Crippen molar-refractivity contribution < 1.29 is 4.79 Å². The number of nitrogens with zero attached hydrogens (tertiary/aromatic N) is 1. The Hall–Kier alpha value is -2.42. The number of halogens is 1. The molecule has 0 saturated carbocycles. The highest BCUT2D eigenvalue weighted by Gasteiger charge is 2.24. The molecular formula is C17H14ClN3OS. The molecule has 0 aliphatic rings. The van der Waals surface area contributed by atoms with Crippen molar-refractivity contribution in [2.24, 2.45) is 5.92 Å². The van der Waals surface area contributed by atoms with Gasteiger partial charge in [-0.25, -0.2) is 0 Å². The number of carbonyl (C=O) groups is 1. The van der Waals surface area contributed by atoms with E-state index in [0.717, 1.165) is 5.56 Å². The van der Waals surface area contributed by atoms with Crippen LogP contribution in [-0.2, 0) is 4.79 Å². The van der Waals surface area contributed by atoms with Crippen LogP contribution in [-0.4, -0.2) is 10.9 Å². The topological polar surface area (TPSA) is 64.9 Å². The van der Waals surface area contributed by atoms with Gasteiger partial charge in [0.15, 0.2) is 5.92 Å². The number of nitriles is 1. The molecule has 0 aliphatic heterocycles. The van der Waals surface area contributed by atoms with Crippen molar-refractivity contribution in [1.82, 2.24) is 0 Å². The molecule has 2 aromatic carbocycles. The molecule has 2 aromatic rings. The van der Waals surface area contributed by atoms with E-state index >= 15 is 0 Å². The van der Waals surface area contributed by atoms with E-state index in [4.69, 9.17) is 23.8 Å². The van der Waals surface area contributed by atoms with Gasteiger partial charge in [-0.15, -0.1) is 0 Å². The minimum absolute atomic E-state index is 0.103. The summed E-state index contributed by atoms with van der Waals surface area (Å²) in [5.41, 5.74) is 2.11. The van der Waals surface area contributed by atoms with Gasteiger partial charge in [0.1, 0.15) is 4.99 Å². The van der Waals surface area contributed by atoms with Crippen LogP contribution in [0.2, 0.25) is 5.02 Å². The van der Waals surface area contributed by atoms with Gasteiger partial charge in [0.05, 0.1) is 16.8 Å². The van der Waals surface area contributed by atoms with Crippen molar-refractivity contribution in [3.05, 3.63) is 59.1 Å². The summed E-state index contributed by atoms with van der Waals surface area (Å²) < 4.78 is 0. The quantitative estimate of drug-likeness (QED) is 0.818. The van der Waals surface area contributed by atoms with Crippen molar-refractivity contribution in [1.29, 1.82) is 5.26 Å². The first kappa shape index (κ1) is 16.9. The van der Waals surface area contributed by atoms with Crippen LogP contribution in [0, 0.1) is 24.2 Å². The van der Waals surface area contributed by atoms with E-state index < -0.39 is 11.8 Å². The van der Waals surface area contributed by atoms with Gasteiger partial charge >= 0.3 is 0 Å². The Kier molecular flexibility index (Phi) is 5.69. The maximum absolute atomic E-state index is 12.3. The van der Waals surface area contributed by atoms with Gasteiger partial charge in [-0.3, -0.25) is 4.79 Å². The Balaban J connectivity index is 2.11. The lowest BCUT2D eigenvalue weighted by Crippen LogP contribution is -2.31. The van der Waals surface area contributed by atoms with Gasteiger partial charge in [0, 0.05) is 5.69 Å². The van der Waals surface area contributed by atoms with E-state index in [1.807, 2.05) is 31.2 Å². The van der Waals surface area contributed by atoms with Crippen molar-refractivity contribution in [2.75, 3.05) is 10.6 Å². The molecular weight excluding hydrogens is 330 g/mol. The number of aryl methyl sites for hydroxylation is 1. The van der Waals surface area contributed by atoms with E-state index in [9.17, 15) is 10.1 Å². The molecule has 2 N–H and O–H groups in total. The molecule has 1 atom stereocenters. The molecule has 6 heteroatoms. The first-order chi connectivity index (χ1) is 11.0. The van der Waals surface area contributed by atoms with Gasteiger partial charge < -0.3 is 10.6 Å². The van der Waals surface area contributed by atoms with Crippen LogP contribution in [0.1, 0.15) is 5.56 Å². The van der Waals surface area contributed by atoms with Crippen molar-refractivity contribution >= 4 is 46.1 Å². The SMILES string of the molecule is Cc1ccccc1NC(=O)[C@H](C#N)C(=S)Nc1ccccc1Cl. The maximum atomic E-state index is 12.3. The van der Waals surface area contributed by atoms with Crippen LogP contribution in [0.25, 0.3) is 0 Å². The minimum Gasteiger partial charge on any atom is -0.347 e. The molecule has 0 heterocycles. The standard InChI is InChI=1S/C17H14ClN3OS/c1-11-6-2-4-8-14(11)20-16(22)12(10-19)17(23)21-15-9-5-3-7-13(15)18/h2-9,12H,1H3,(H,20,22)(H,21,23)/t12-/m0/s1. The van der Waals surface area contributed by atoms with Gasteiger partial charge in [-0.1, -0.05) is 54.2 Å². The number of amides is 1. The lowest BCUT2D eigenvalue weighted by atomic mass is 10.1. The summed E-state index contributed by atoms with van der Waals surface area (Å²) in [7, 11) is 0. The van der Waals surface area contributed by atoms with Crippen LogP contribution >= 0.6 is 23.8 Å².